The lowest BCUT2D eigenvalue weighted by molar-refractivity contribution is 0.0355. The van der Waals surface area contributed by atoms with Crippen molar-refractivity contribution in [1.29, 1.82) is 0 Å². The van der Waals surface area contributed by atoms with Crippen LogP contribution in [-0.4, -0.2) is 49.8 Å². The maximum absolute atomic E-state index is 13.0. The van der Waals surface area contributed by atoms with Crippen molar-refractivity contribution in [2.75, 3.05) is 33.8 Å². The van der Waals surface area contributed by atoms with Crippen LogP contribution < -0.4 is 5.32 Å². The van der Waals surface area contributed by atoms with Gasteiger partial charge in [0.2, 0.25) is 0 Å². The highest BCUT2D eigenvalue weighted by Crippen LogP contribution is 2.23. The Bertz CT molecular complexity index is 418. The molecule has 1 fully saturated rings. The van der Waals surface area contributed by atoms with E-state index in [1.165, 1.54) is 12.3 Å². The van der Waals surface area contributed by atoms with E-state index in [1.54, 1.807) is 13.2 Å². The first-order chi connectivity index (χ1) is 10.1. The molecule has 21 heavy (non-hydrogen) atoms. The molecule has 1 aliphatic heterocycles. The molecule has 1 saturated heterocycles. The number of nitrogens with zero attached hydrogens (tertiary/aromatic N) is 2. The highest BCUT2D eigenvalue weighted by molar-refractivity contribution is 5.11. The fourth-order valence-electron chi connectivity index (χ4n) is 3.14. The first-order valence-electron chi connectivity index (χ1n) is 7.68. The van der Waals surface area contributed by atoms with Gasteiger partial charge >= 0.3 is 0 Å². The number of nitrogens with one attached hydrogen (secondary N) is 1. The molecule has 2 rings (SSSR count). The van der Waals surface area contributed by atoms with Gasteiger partial charge in [-0.05, 0) is 37.9 Å². The third-order valence-corrected chi connectivity index (χ3v) is 4.36. The minimum absolute atomic E-state index is 0.144. The zero-order chi connectivity index (χ0) is 15.2. The van der Waals surface area contributed by atoms with Crippen molar-refractivity contribution in [2.45, 2.75) is 31.9 Å². The fraction of sp³-hybridized carbons (Fsp3) is 0.688. The Morgan fingerprint density at radius 1 is 1.43 bits per heavy atom. The summed E-state index contributed by atoms with van der Waals surface area (Å²) >= 11 is 0. The molecule has 0 amide bonds. The normalized spacial score (nSPS) is 20.4. The van der Waals surface area contributed by atoms with Crippen LogP contribution in [0.15, 0.2) is 18.3 Å². The third-order valence-electron chi connectivity index (χ3n) is 4.36. The monoisotopic (exact) mass is 295 g/mol. The Morgan fingerprint density at radius 3 is 2.67 bits per heavy atom. The maximum Gasteiger partial charge on any atom is 0.141 e. The van der Waals surface area contributed by atoms with E-state index >= 15 is 0 Å². The van der Waals surface area contributed by atoms with Crippen LogP contribution in [0.25, 0.3) is 0 Å². The molecule has 0 saturated carbocycles. The third kappa shape index (κ3) is 4.46. The highest BCUT2D eigenvalue weighted by Gasteiger charge is 2.24. The summed E-state index contributed by atoms with van der Waals surface area (Å²) in [6, 6.07) is 3.39. The molecular weight excluding hydrogens is 269 g/mol. The number of rotatable bonds is 6. The molecule has 4 nitrogen and oxygen atoms in total. The van der Waals surface area contributed by atoms with Gasteiger partial charge in [-0.15, -0.1) is 0 Å². The molecule has 118 valence electrons. The SMILES string of the molecule is CNC(c1ccc(F)cn1)C(C)CN1CCC(OC)CC1. The molecule has 0 aromatic carbocycles. The minimum atomic E-state index is -0.289. The first-order valence-corrected chi connectivity index (χ1v) is 7.68. The summed E-state index contributed by atoms with van der Waals surface area (Å²) in [5, 5.41) is 3.31. The first kappa shape index (κ1) is 16.3. The average Bonchev–Trinajstić information content (AvgIpc) is 2.50. The second-order valence-electron chi connectivity index (χ2n) is 5.88. The number of pyridine rings is 1. The number of likely N-dealkylation sites (tertiary alicyclic amines) is 1. The number of piperidine rings is 1. The molecule has 5 heteroatoms. The highest BCUT2D eigenvalue weighted by atomic mass is 19.1. The summed E-state index contributed by atoms with van der Waals surface area (Å²) in [6.07, 6.45) is 3.90. The van der Waals surface area contributed by atoms with Crippen molar-refractivity contribution in [3.63, 3.8) is 0 Å². The van der Waals surface area contributed by atoms with Gasteiger partial charge in [0, 0.05) is 26.7 Å². The summed E-state index contributed by atoms with van der Waals surface area (Å²) in [7, 11) is 3.73. The minimum Gasteiger partial charge on any atom is -0.381 e. The van der Waals surface area contributed by atoms with Crippen molar-refractivity contribution in [2.24, 2.45) is 5.92 Å². The second kappa shape index (κ2) is 7.82. The van der Waals surface area contributed by atoms with E-state index in [9.17, 15) is 4.39 Å². The van der Waals surface area contributed by atoms with Gasteiger partial charge in [-0.2, -0.15) is 0 Å². The summed E-state index contributed by atoms with van der Waals surface area (Å²) < 4.78 is 18.4. The maximum atomic E-state index is 13.0. The predicted octanol–water partition coefficient (Wildman–Crippen LogP) is 2.23. The van der Waals surface area contributed by atoms with Gasteiger partial charge in [-0.3, -0.25) is 4.98 Å². The molecule has 1 aromatic heterocycles. The topological polar surface area (TPSA) is 37.4 Å². The number of methoxy groups -OCH3 is 1. The second-order valence-corrected chi connectivity index (χ2v) is 5.88. The van der Waals surface area contributed by atoms with Gasteiger partial charge in [-0.25, -0.2) is 4.39 Å². The van der Waals surface area contributed by atoms with E-state index in [2.05, 4.69) is 22.1 Å². The van der Waals surface area contributed by atoms with Crippen molar-refractivity contribution in [3.05, 3.63) is 29.8 Å². The molecule has 2 heterocycles. The van der Waals surface area contributed by atoms with E-state index in [0.29, 0.717) is 12.0 Å². The van der Waals surface area contributed by atoms with Gasteiger partial charge in [0.15, 0.2) is 0 Å². The Balaban J connectivity index is 1.91. The Kier molecular flexibility index (Phi) is 6.08. The standard InChI is InChI=1S/C16H26FN3O/c1-12(11-20-8-6-14(21-3)7-9-20)16(18-2)15-5-4-13(17)10-19-15/h4-5,10,12,14,16,18H,6-9,11H2,1-3H3. The van der Waals surface area contributed by atoms with E-state index < -0.39 is 0 Å². The van der Waals surface area contributed by atoms with Gasteiger partial charge in [-0.1, -0.05) is 6.92 Å². The number of aromatic nitrogens is 1. The van der Waals surface area contributed by atoms with Crippen LogP contribution in [0.1, 0.15) is 31.5 Å². The molecule has 0 spiro atoms. The molecule has 0 aliphatic carbocycles. The zero-order valence-corrected chi connectivity index (χ0v) is 13.2. The van der Waals surface area contributed by atoms with Crippen LogP contribution in [0.3, 0.4) is 0 Å². The van der Waals surface area contributed by atoms with Gasteiger partial charge in [0.1, 0.15) is 5.82 Å². The molecule has 1 aromatic rings. The molecular formula is C16H26FN3O. The van der Waals surface area contributed by atoms with E-state index in [4.69, 9.17) is 4.74 Å². The fourth-order valence-corrected chi connectivity index (χ4v) is 3.14. The van der Waals surface area contributed by atoms with Crippen molar-refractivity contribution < 1.29 is 9.13 Å². The quantitative estimate of drug-likeness (QED) is 0.873. The van der Waals surface area contributed by atoms with Crippen LogP contribution in [0, 0.1) is 11.7 Å². The molecule has 2 atom stereocenters. The molecule has 1 N–H and O–H groups in total. The Labute approximate surface area is 126 Å². The van der Waals surface area contributed by atoms with E-state index in [-0.39, 0.29) is 11.9 Å². The van der Waals surface area contributed by atoms with Gasteiger partial charge < -0.3 is 15.0 Å². The molecule has 0 radical (unpaired) electrons. The van der Waals surface area contributed by atoms with Crippen LogP contribution in [0.4, 0.5) is 4.39 Å². The summed E-state index contributed by atoms with van der Waals surface area (Å²) in [5.41, 5.74) is 0.901. The largest absolute Gasteiger partial charge is 0.381 e. The molecule has 2 unspecified atom stereocenters. The van der Waals surface area contributed by atoms with Crippen LogP contribution in [-0.2, 0) is 4.74 Å². The smallest absolute Gasteiger partial charge is 0.141 e. The van der Waals surface area contributed by atoms with Crippen molar-refractivity contribution in [1.82, 2.24) is 15.2 Å². The van der Waals surface area contributed by atoms with E-state index in [1.807, 2.05) is 7.05 Å². The lowest BCUT2D eigenvalue weighted by atomic mass is 9.96. The number of hydrogen-bond donors (Lipinski definition) is 1. The number of ether oxygens (including phenoxy) is 1. The summed E-state index contributed by atoms with van der Waals surface area (Å²) in [4.78, 5) is 6.69. The van der Waals surface area contributed by atoms with E-state index in [0.717, 1.165) is 38.2 Å². The lowest BCUT2D eigenvalue weighted by Gasteiger charge is -2.34. The average molecular weight is 295 g/mol. The summed E-state index contributed by atoms with van der Waals surface area (Å²) in [5.74, 6) is 0.120. The van der Waals surface area contributed by atoms with Gasteiger partial charge in [0.05, 0.1) is 24.0 Å². The molecule has 1 aliphatic rings. The summed E-state index contributed by atoms with van der Waals surface area (Å²) in [6.45, 7) is 5.39. The van der Waals surface area contributed by atoms with Crippen LogP contribution in [0.5, 0.6) is 0 Å². The van der Waals surface area contributed by atoms with Crippen molar-refractivity contribution in [3.8, 4) is 0 Å². The number of halogens is 1. The predicted molar refractivity (Wildman–Crippen MR) is 81.6 cm³/mol. The zero-order valence-electron chi connectivity index (χ0n) is 13.2. The number of hydrogen-bond acceptors (Lipinski definition) is 4. The van der Waals surface area contributed by atoms with Gasteiger partial charge in [0.25, 0.3) is 0 Å². The Morgan fingerprint density at radius 2 is 2.14 bits per heavy atom. The van der Waals surface area contributed by atoms with Crippen molar-refractivity contribution >= 4 is 0 Å². The van der Waals surface area contributed by atoms with Crippen LogP contribution in [0.2, 0.25) is 0 Å². The lowest BCUT2D eigenvalue weighted by Crippen LogP contribution is -2.41. The molecule has 0 bridgehead atoms. The Hall–Kier alpha value is -1.04. The van der Waals surface area contributed by atoms with Crippen LogP contribution >= 0.6 is 0 Å².